The average Bonchev–Trinajstić information content (AvgIpc) is 3.08. The van der Waals surface area contributed by atoms with Crippen molar-refractivity contribution in [2.45, 2.75) is 77.9 Å². The molecule has 0 aromatic rings. The Morgan fingerprint density at radius 3 is 2.59 bits per heavy atom. The van der Waals surface area contributed by atoms with E-state index in [1.54, 1.807) is 0 Å². The molecule has 0 N–H and O–H groups in total. The Labute approximate surface area is 107 Å². The SMILES string of the molecule is CCCCCOC(C)(C)CCCC(C)C1CO1. The minimum Gasteiger partial charge on any atom is -0.376 e. The van der Waals surface area contributed by atoms with Crippen molar-refractivity contribution in [3.63, 3.8) is 0 Å². The Balaban J connectivity index is 2.02. The molecule has 2 heteroatoms. The van der Waals surface area contributed by atoms with Gasteiger partial charge < -0.3 is 9.47 Å². The van der Waals surface area contributed by atoms with Crippen LogP contribution in [-0.2, 0) is 9.47 Å². The largest absolute Gasteiger partial charge is 0.376 e. The van der Waals surface area contributed by atoms with Crippen molar-refractivity contribution < 1.29 is 9.47 Å². The van der Waals surface area contributed by atoms with Gasteiger partial charge in [-0.3, -0.25) is 0 Å². The lowest BCUT2D eigenvalue weighted by molar-refractivity contribution is -0.0271. The molecule has 0 saturated carbocycles. The molecule has 0 bridgehead atoms. The van der Waals surface area contributed by atoms with E-state index in [2.05, 4.69) is 27.7 Å². The highest BCUT2D eigenvalue weighted by molar-refractivity contribution is 4.77. The van der Waals surface area contributed by atoms with Gasteiger partial charge >= 0.3 is 0 Å². The van der Waals surface area contributed by atoms with Crippen LogP contribution < -0.4 is 0 Å². The zero-order chi connectivity index (χ0) is 12.7. The Bertz CT molecular complexity index is 197. The van der Waals surface area contributed by atoms with Crippen molar-refractivity contribution in [2.75, 3.05) is 13.2 Å². The molecule has 102 valence electrons. The molecule has 1 aliphatic heterocycles. The third kappa shape index (κ3) is 7.05. The van der Waals surface area contributed by atoms with Crippen LogP contribution in [0.25, 0.3) is 0 Å². The van der Waals surface area contributed by atoms with Gasteiger partial charge in [0.1, 0.15) is 0 Å². The maximum Gasteiger partial charge on any atom is 0.0835 e. The number of hydrogen-bond acceptors (Lipinski definition) is 2. The van der Waals surface area contributed by atoms with Crippen LogP contribution in [0.1, 0.15) is 66.2 Å². The van der Waals surface area contributed by atoms with Gasteiger partial charge in [-0.2, -0.15) is 0 Å². The molecule has 2 unspecified atom stereocenters. The highest BCUT2D eigenvalue weighted by Crippen LogP contribution is 2.26. The Morgan fingerprint density at radius 2 is 2.00 bits per heavy atom. The smallest absolute Gasteiger partial charge is 0.0835 e. The first-order valence-corrected chi connectivity index (χ1v) is 7.31. The van der Waals surface area contributed by atoms with Gasteiger partial charge in [0.25, 0.3) is 0 Å². The predicted molar refractivity (Wildman–Crippen MR) is 72.3 cm³/mol. The van der Waals surface area contributed by atoms with Crippen LogP contribution in [0.3, 0.4) is 0 Å². The summed E-state index contributed by atoms with van der Waals surface area (Å²) in [5.41, 5.74) is 0.0534. The molecule has 0 aliphatic carbocycles. The summed E-state index contributed by atoms with van der Waals surface area (Å²) in [5, 5.41) is 0. The van der Waals surface area contributed by atoms with Gasteiger partial charge in [0.15, 0.2) is 0 Å². The molecule has 1 saturated heterocycles. The van der Waals surface area contributed by atoms with E-state index in [-0.39, 0.29) is 5.60 Å². The Kier molecular flexibility index (Phi) is 6.50. The molecular formula is C15H30O2. The van der Waals surface area contributed by atoms with Crippen molar-refractivity contribution >= 4 is 0 Å². The third-order valence-electron chi connectivity index (χ3n) is 3.67. The maximum atomic E-state index is 5.96. The average molecular weight is 242 g/mol. The molecule has 0 amide bonds. The summed E-state index contributed by atoms with van der Waals surface area (Å²) in [6.45, 7) is 10.9. The number of rotatable bonds is 10. The molecule has 2 atom stereocenters. The summed E-state index contributed by atoms with van der Waals surface area (Å²) < 4.78 is 11.3. The fraction of sp³-hybridized carbons (Fsp3) is 1.00. The zero-order valence-corrected chi connectivity index (χ0v) is 12.1. The number of ether oxygens (including phenoxy) is 2. The first kappa shape index (κ1) is 15.0. The molecule has 17 heavy (non-hydrogen) atoms. The van der Waals surface area contributed by atoms with E-state index in [1.165, 1.54) is 32.1 Å². The maximum absolute atomic E-state index is 5.96. The lowest BCUT2D eigenvalue weighted by Crippen LogP contribution is -2.25. The lowest BCUT2D eigenvalue weighted by atomic mass is 9.95. The number of epoxide rings is 1. The van der Waals surface area contributed by atoms with Crippen LogP contribution in [0, 0.1) is 5.92 Å². The lowest BCUT2D eigenvalue weighted by Gasteiger charge is -2.26. The minimum absolute atomic E-state index is 0.0534. The second-order valence-electron chi connectivity index (χ2n) is 6.06. The number of hydrogen-bond donors (Lipinski definition) is 0. The molecule has 0 radical (unpaired) electrons. The zero-order valence-electron chi connectivity index (χ0n) is 12.1. The van der Waals surface area contributed by atoms with E-state index in [9.17, 15) is 0 Å². The topological polar surface area (TPSA) is 21.8 Å². The summed E-state index contributed by atoms with van der Waals surface area (Å²) in [7, 11) is 0. The molecule has 0 spiro atoms. The monoisotopic (exact) mass is 242 g/mol. The fourth-order valence-corrected chi connectivity index (χ4v) is 2.19. The molecular weight excluding hydrogens is 212 g/mol. The van der Waals surface area contributed by atoms with Crippen molar-refractivity contribution in [3.8, 4) is 0 Å². The Hall–Kier alpha value is -0.0800. The predicted octanol–water partition coefficient (Wildman–Crippen LogP) is 4.18. The summed E-state index contributed by atoms with van der Waals surface area (Å²) in [4.78, 5) is 0. The van der Waals surface area contributed by atoms with Crippen LogP contribution >= 0.6 is 0 Å². The van der Waals surface area contributed by atoms with Crippen molar-refractivity contribution in [2.24, 2.45) is 5.92 Å². The van der Waals surface area contributed by atoms with E-state index < -0.39 is 0 Å². The van der Waals surface area contributed by atoms with Crippen molar-refractivity contribution in [1.82, 2.24) is 0 Å². The van der Waals surface area contributed by atoms with Gasteiger partial charge in [0.2, 0.25) is 0 Å². The van der Waals surface area contributed by atoms with Gasteiger partial charge in [-0.1, -0.05) is 33.1 Å². The molecule has 2 nitrogen and oxygen atoms in total. The van der Waals surface area contributed by atoms with Crippen molar-refractivity contribution in [3.05, 3.63) is 0 Å². The van der Waals surface area contributed by atoms with Crippen LogP contribution in [0.2, 0.25) is 0 Å². The van der Waals surface area contributed by atoms with Crippen LogP contribution in [0.4, 0.5) is 0 Å². The molecule has 0 aromatic carbocycles. The molecule has 1 rings (SSSR count). The molecule has 0 aromatic heterocycles. The van der Waals surface area contributed by atoms with Gasteiger partial charge in [0.05, 0.1) is 18.3 Å². The number of unbranched alkanes of at least 4 members (excludes halogenated alkanes) is 2. The summed E-state index contributed by atoms with van der Waals surface area (Å²) >= 11 is 0. The second-order valence-corrected chi connectivity index (χ2v) is 6.06. The first-order chi connectivity index (χ1) is 8.05. The fourth-order valence-electron chi connectivity index (χ4n) is 2.19. The highest BCUT2D eigenvalue weighted by Gasteiger charge is 2.29. The highest BCUT2D eigenvalue weighted by atomic mass is 16.6. The van der Waals surface area contributed by atoms with E-state index in [0.29, 0.717) is 6.10 Å². The minimum atomic E-state index is 0.0534. The van der Waals surface area contributed by atoms with E-state index in [0.717, 1.165) is 25.6 Å². The summed E-state index contributed by atoms with van der Waals surface area (Å²) in [6, 6.07) is 0. The van der Waals surface area contributed by atoms with Gasteiger partial charge in [-0.15, -0.1) is 0 Å². The van der Waals surface area contributed by atoms with Crippen LogP contribution in [-0.4, -0.2) is 24.9 Å². The van der Waals surface area contributed by atoms with E-state index in [4.69, 9.17) is 9.47 Å². The normalized spacial score (nSPS) is 21.5. The summed E-state index contributed by atoms with van der Waals surface area (Å²) in [6.07, 6.45) is 7.99. The van der Waals surface area contributed by atoms with E-state index >= 15 is 0 Å². The van der Waals surface area contributed by atoms with Crippen LogP contribution in [0.15, 0.2) is 0 Å². The quantitative estimate of drug-likeness (QED) is 0.423. The van der Waals surface area contributed by atoms with Gasteiger partial charge in [0, 0.05) is 6.61 Å². The van der Waals surface area contributed by atoms with E-state index in [1.807, 2.05) is 0 Å². The molecule has 1 aliphatic rings. The van der Waals surface area contributed by atoms with Gasteiger partial charge in [-0.05, 0) is 39.0 Å². The van der Waals surface area contributed by atoms with Gasteiger partial charge in [-0.25, -0.2) is 0 Å². The molecule has 1 heterocycles. The van der Waals surface area contributed by atoms with Crippen molar-refractivity contribution in [1.29, 1.82) is 0 Å². The summed E-state index contributed by atoms with van der Waals surface area (Å²) in [5.74, 6) is 0.728. The second kappa shape index (κ2) is 7.38. The standard InChI is InChI=1S/C15H30O2/c1-5-6-7-11-17-15(3,4)10-8-9-13(2)14-12-16-14/h13-14H,5-12H2,1-4H3. The van der Waals surface area contributed by atoms with Crippen LogP contribution in [0.5, 0.6) is 0 Å². The molecule has 1 fully saturated rings. The Morgan fingerprint density at radius 1 is 1.29 bits per heavy atom. The third-order valence-corrected chi connectivity index (χ3v) is 3.67. The first-order valence-electron chi connectivity index (χ1n) is 7.31.